The van der Waals surface area contributed by atoms with Crippen LogP contribution in [-0.4, -0.2) is 31.4 Å². The van der Waals surface area contributed by atoms with Crippen LogP contribution in [-0.2, 0) is 11.2 Å². The highest BCUT2D eigenvalue weighted by atomic mass is 35.5. The summed E-state index contributed by atoms with van der Waals surface area (Å²) >= 11 is 7.19. The number of ether oxygens (including phenoxy) is 1. The van der Waals surface area contributed by atoms with Crippen LogP contribution in [0.2, 0.25) is 5.02 Å². The molecule has 0 saturated heterocycles. The zero-order valence-corrected chi connectivity index (χ0v) is 25.6. The van der Waals surface area contributed by atoms with Gasteiger partial charge in [-0.1, -0.05) is 78.4 Å². The number of pyridine rings is 1. The maximum atomic E-state index is 7.19. The van der Waals surface area contributed by atoms with Gasteiger partial charge in [0.2, 0.25) is 0 Å². The Labute approximate surface area is 254 Å². The second kappa shape index (κ2) is 13.8. The summed E-state index contributed by atoms with van der Waals surface area (Å²) in [6, 6.07) is 16.9. The Hall–Kier alpha value is -3.99. The van der Waals surface area contributed by atoms with E-state index in [1.165, 1.54) is 16.7 Å². The molecule has 0 fully saturated rings. The number of halogens is 1. The maximum Gasteiger partial charge on any atom is 0.119 e. The van der Waals surface area contributed by atoms with Crippen molar-refractivity contribution in [2.24, 2.45) is 4.99 Å². The topological polar surface area (TPSA) is 46.5 Å². The summed E-state index contributed by atoms with van der Waals surface area (Å²) in [7, 11) is 3.68. The smallest absolute Gasteiger partial charge is 0.119 e. The van der Waals surface area contributed by atoms with E-state index >= 15 is 0 Å². The molecule has 5 heteroatoms. The van der Waals surface area contributed by atoms with Gasteiger partial charge in [-0.25, -0.2) is 0 Å². The van der Waals surface area contributed by atoms with E-state index in [9.17, 15) is 0 Å². The van der Waals surface area contributed by atoms with Gasteiger partial charge >= 0.3 is 0 Å². The summed E-state index contributed by atoms with van der Waals surface area (Å²) < 4.78 is 5.63. The fourth-order valence-electron chi connectivity index (χ4n) is 5.63. The van der Waals surface area contributed by atoms with Crippen LogP contribution in [0.3, 0.4) is 0 Å². The lowest BCUT2D eigenvalue weighted by atomic mass is 9.91. The molecule has 1 aromatic heterocycles. The Bertz CT molecular complexity index is 1660. The first-order valence-electron chi connectivity index (χ1n) is 14.6. The van der Waals surface area contributed by atoms with Gasteiger partial charge in [-0.05, 0) is 98.2 Å². The standard InChI is InChI=1S/C37H38ClN3O/c1-25-10-5-13-29-14-9-23-40-37(29)34(41-25)22-21-27-11-6-15-31(26(27)2)33-17-8-16-32(36(33)38)28-12-7-18-35(42-4)30(20-19-28)24-39-3/h6,8-11,14-23,39H,5,7,12-13,24H2,1-4H3/b22-21+,25-10-,28-19+,30-20?,35-18?,41-34-. The number of methoxy groups -OCH3 is 1. The minimum absolute atomic E-state index is 0.737. The number of hydrogen-bond acceptors (Lipinski definition) is 4. The molecule has 0 unspecified atom stereocenters. The molecule has 1 N–H and O–H groups in total. The van der Waals surface area contributed by atoms with Crippen molar-refractivity contribution >= 4 is 29.0 Å². The summed E-state index contributed by atoms with van der Waals surface area (Å²) in [6.07, 6.45) is 18.5. The minimum atomic E-state index is 0.737. The van der Waals surface area contributed by atoms with Gasteiger partial charge in [-0.2, -0.15) is 0 Å². The Kier molecular flexibility index (Phi) is 9.68. The van der Waals surface area contributed by atoms with Crippen molar-refractivity contribution in [3.8, 4) is 11.1 Å². The third-order valence-corrected chi connectivity index (χ3v) is 8.26. The summed E-state index contributed by atoms with van der Waals surface area (Å²) in [5, 5.41) is 4.01. The zero-order chi connectivity index (χ0) is 29.5. The monoisotopic (exact) mass is 575 g/mol. The molecule has 1 aliphatic heterocycles. The molecular weight excluding hydrogens is 538 g/mol. The number of allylic oxidation sites excluding steroid dienone is 7. The Balaban J connectivity index is 1.50. The van der Waals surface area contributed by atoms with E-state index in [4.69, 9.17) is 21.3 Å². The molecule has 0 amide bonds. The number of nitrogens with zero attached hydrogens (tertiary/aromatic N) is 2. The van der Waals surface area contributed by atoms with Gasteiger partial charge in [0.1, 0.15) is 5.76 Å². The molecule has 0 atom stereocenters. The van der Waals surface area contributed by atoms with Crippen LogP contribution in [0.1, 0.15) is 54.1 Å². The van der Waals surface area contributed by atoms with Crippen LogP contribution < -0.4 is 5.32 Å². The molecule has 2 heterocycles. The number of benzene rings is 2. The van der Waals surface area contributed by atoms with Crippen molar-refractivity contribution < 1.29 is 4.74 Å². The molecule has 4 nitrogen and oxygen atoms in total. The van der Waals surface area contributed by atoms with Crippen LogP contribution in [0, 0.1) is 6.92 Å². The lowest BCUT2D eigenvalue weighted by Crippen LogP contribution is -2.13. The number of aromatic nitrogens is 1. The molecule has 214 valence electrons. The molecule has 2 aromatic carbocycles. The lowest BCUT2D eigenvalue weighted by molar-refractivity contribution is 0.297. The van der Waals surface area contributed by atoms with Gasteiger partial charge < -0.3 is 10.1 Å². The van der Waals surface area contributed by atoms with Crippen LogP contribution in [0.25, 0.3) is 22.8 Å². The van der Waals surface area contributed by atoms with Crippen molar-refractivity contribution in [1.82, 2.24) is 10.3 Å². The second-order valence-corrected chi connectivity index (χ2v) is 11.0. The SMILES string of the molecule is CNCC1=C/C=C(/c2cccc(-c3cccc(/C=C/C4=N/C(C)=C\CCc5cccnc54)c3C)c2Cl)CCC=C1OC. The lowest BCUT2D eigenvalue weighted by Gasteiger charge is -2.17. The molecule has 0 radical (unpaired) electrons. The van der Waals surface area contributed by atoms with Gasteiger partial charge in [0.25, 0.3) is 0 Å². The molecule has 0 saturated carbocycles. The van der Waals surface area contributed by atoms with Crippen molar-refractivity contribution in [2.75, 3.05) is 20.7 Å². The van der Waals surface area contributed by atoms with Gasteiger partial charge in [0.15, 0.2) is 0 Å². The Morgan fingerprint density at radius 1 is 0.905 bits per heavy atom. The van der Waals surface area contributed by atoms with Crippen molar-refractivity contribution in [3.63, 3.8) is 0 Å². The average Bonchev–Trinajstić information content (AvgIpc) is 2.98. The van der Waals surface area contributed by atoms with E-state index in [0.717, 1.165) is 87.9 Å². The fourth-order valence-corrected chi connectivity index (χ4v) is 5.98. The van der Waals surface area contributed by atoms with Crippen LogP contribution >= 0.6 is 11.6 Å². The highest BCUT2D eigenvalue weighted by Gasteiger charge is 2.16. The third-order valence-electron chi connectivity index (χ3n) is 7.85. The Morgan fingerprint density at radius 2 is 1.69 bits per heavy atom. The molecule has 42 heavy (non-hydrogen) atoms. The van der Waals surface area contributed by atoms with E-state index in [-0.39, 0.29) is 0 Å². The molecular formula is C37H38ClN3O. The van der Waals surface area contributed by atoms with Crippen molar-refractivity contribution in [1.29, 1.82) is 0 Å². The second-order valence-electron chi connectivity index (χ2n) is 10.6. The van der Waals surface area contributed by atoms with Crippen LogP contribution in [0.5, 0.6) is 0 Å². The van der Waals surface area contributed by atoms with E-state index in [0.29, 0.717) is 0 Å². The molecule has 0 spiro atoms. The number of nitrogens with one attached hydrogen (secondary N) is 1. The van der Waals surface area contributed by atoms with Gasteiger partial charge in [0, 0.05) is 29.6 Å². The number of fused-ring (bicyclic) bond motifs is 1. The van der Waals surface area contributed by atoms with E-state index in [1.807, 2.05) is 19.3 Å². The predicted molar refractivity (Wildman–Crippen MR) is 178 cm³/mol. The Morgan fingerprint density at radius 3 is 2.52 bits per heavy atom. The highest BCUT2D eigenvalue weighted by Crippen LogP contribution is 2.38. The number of hydrogen-bond donors (Lipinski definition) is 1. The summed E-state index contributed by atoms with van der Waals surface area (Å²) in [5.41, 5.74) is 11.9. The number of aryl methyl sites for hydroxylation is 1. The molecule has 3 aromatic rings. The van der Waals surface area contributed by atoms with Crippen molar-refractivity contribution in [2.45, 2.75) is 39.5 Å². The van der Waals surface area contributed by atoms with Gasteiger partial charge in [0.05, 0.1) is 23.5 Å². The van der Waals surface area contributed by atoms with Gasteiger partial charge in [-0.3, -0.25) is 9.98 Å². The summed E-state index contributed by atoms with van der Waals surface area (Å²) in [4.78, 5) is 9.59. The first kappa shape index (κ1) is 29.5. The van der Waals surface area contributed by atoms with Gasteiger partial charge in [-0.15, -0.1) is 0 Å². The molecule has 5 rings (SSSR count). The maximum absolute atomic E-state index is 7.19. The third kappa shape index (κ3) is 6.56. The molecule has 0 bridgehead atoms. The van der Waals surface area contributed by atoms with Crippen LogP contribution in [0.15, 0.2) is 107 Å². The van der Waals surface area contributed by atoms with Crippen LogP contribution in [0.4, 0.5) is 0 Å². The van der Waals surface area contributed by atoms with E-state index in [1.54, 1.807) is 7.11 Å². The predicted octanol–water partition coefficient (Wildman–Crippen LogP) is 8.92. The van der Waals surface area contributed by atoms with E-state index in [2.05, 4.69) is 103 Å². The highest BCUT2D eigenvalue weighted by molar-refractivity contribution is 6.35. The summed E-state index contributed by atoms with van der Waals surface area (Å²) in [5.74, 6) is 0.927. The first-order chi connectivity index (χ1) is 20.5. The first-order valence-corrected chi connectivity index (χ1v) is 14.9. The quantitative estimate of drug-likeness (QED) is 0.306. The number of aliphatic imine (C=N–C) groups is 1. The largest absolute Gasteiger partial charge is 0.497 e. The average molecular weight is 576 g/mol. The number of rotatable bonds is 7. The normalized spacial score (nSPS) is 19.4. The van der Waals surface area contributed by atoms with E-state index < -0.39 is 0 Å². The molecule has 1 aliphatic carbocycles. The fraction of sp³-hybridized carbons (Fsp3) is 0.243. The van der Waals surface area contributed by atoms with Crippen molar-refractivity contribution in [3.05, 3.63) is 135 Å². The molecule has 2 aliphatic rings. The summed E-state index contributed by atoms with van der Waals surface area (Å²) in [6.45, 7) is 4.95. The minimum Gasteiger partial charge on any atom is -0.497 e. The number of likely N-dealkylation sites (N-methyl/N-ethyl adjacent to an activating group) is 1. The zero-order valence-electron chi connectivity index (χ0n) is 24.9.